The van der Waals surface area contributed by atoms with Gasteiger partial charge in [-0.3, -0.25) is 0 Å². The Kier molecular flexibility index (Phi) is 7.83. The van der Waals surface area contributed by atoms with Gasteiger partial charge in [-0.05, 0) is 26.8 Å². The van der Waals surface area contributed by atoms with Crippen LogP contribution in [0.4, 0.5) is 0 Å². The summed E-state index contributed by atoms with van der Waals surface area (Å²) in [6.45, 7) is 7.81. The van der Waals surface area contributed by atoms with Crippen LogP contribution in [-0.2, 0) is 9.84 Å². The molecule has 0 atom stereocenters. The first kappa shape index (κ1) is 15.4. The van der Waals surface area contributed by atoms with E-state index >= 15 is 0 Å². The van der Waals surface area contributed by atoms with Crippen molar-refractivity contribution in [1.29, 1.82) is 0 Å². The molecule has 0 aromatic rings. The molecule has 0 aliphatic heterocycles. The van der Waals surface area contributed by atoms with Crippen molar-refractivity contribution in [2.45, 2.75) is 33.2 Å². The average molecular weight is 300 g/mol. The van der Waals surface area contributed by atoms with Gasteiger partial charge < -0.3 is 4.90 Å². The average Bonchev–Trinajstić information content (AvgIpc) is 2.16. The summed E-state index contributed by atoms with van der Waals surface area (Å²) in [7, 11) is -2.79. The van der Waals surface area contributed by atoms with Gasteiger partial charge in [-0.2, -0.15) is 0 Å². The van der Waals surface area contributed by atoms with Crippen LogP contribution >= 0.6 is 15.9 Å². The number of nitrogens with zero attached hydrogens (tertiary/aromatic N) is 1. The predicted octanol–water partition coefficient (Wildman–Crippen LogP) is 1.92. The second kappa shape index (κ2) is 7.63. The molecule has 3 nitrogen and oxygen atoms in total. The third-order valence-corrected chi connectivity index (χ3v) is 4.59. The Labute approximate surface area is 102 Å². The van der Waals surface area contributed by atoms with Crippen molar-refractivity contribution >= 4 is 25.8 Å². The molecule has 0 aromatic carbocycles. The van der Waals surface area contributed by atoms with Crippen LogP contribution in [0.5, 0.6) is 0 Å². The zero-order chi connectivity index (χ0) is 11.9. The molecule has 5 heteroatoms. The summed E-state index contributed by atoms with van der Waals surface area (Å²) in [6, 6.07) is 0.479. The van der Waals surface area contributed by atoms with Crippen LogP contribution in [0.15, 0.2) is 0 Å². The number of rotatable bonds is 8. The van der Waals surface area contributed by atoms with Crippen molar-refractivity contribution in [2.24, 2.45) is 0 Å². The lowest BCUT2D eigenvalue weighted by atomic mass is 10.3. The van der Waals surface area contributed by atoms with E-state index in [1.54, 1.807) is 6.92 Å². The van der Waals surface area contributed by atoms with Crippen molar-refractivity contribution in [3.63, 3.8) is 0 Å². The summed E-state index contributed by atoms with van der Waals surface area (Å²) in [5, 5.41) is 0.936. The van der Waals surface area contributed by atoms with Gasteiger partial charge in [-0.1, -0.05) is 22.9 Å². The lowest BCUT2D eigenvalue weighted by molar-refractivity contribution is 0.237. The SMILES string of the molecule is CCS(=O)(=O)CCCN(CCBr)C(C)C. The third kappa shape index (κ3) is 7.30. The zero-order valence-corrected chi connectivity index (χ0v) is 12.3. The smallest absolute Gasteiger partial charge is 0.150 e. The van der Waals surface area contributed by atoms with E-state index in [1.165, 1.54) is 0 Å². The molecule has 0 rings (SSSR count). The number of alkyl halides is 1. The molecule has 92 valence electrons. The van der Waals surface area contributed by atoms with Crippen LogP contribution in [-0.4, -0.2) is 49.3 Å². The van der Waals surface area contributed by atoms with E-state index in [1.807, 2.05) is 0 Å². The highest BCUT2D eigenvalue weighted by atomic mass is 79.9. The van der Waals surface area contributed by atoms with Crippen LogP contribution in [0, 0.1) is 0 Å². The second-order valence-electron chi connectivity index (χ2n) is 3.91. The maximum atomic E-state index is 11.3. The van der Waals surface area contributed by atoms with E-state index in [9.17, 15) is 8.42 Å². The van der Waals surface area contributed by atoms with Gasteiger partial charge in [-0.25, -0.2) is 8.42 Å². The molecule has 0 bridgehead atoms. The van der Waals surface area contributed by atoms with Crippen molar-refractivity contribution in [3.05, 3.63) is 0 Å². The summed E-state index contributed by atoms with van der Waals surface area (Å²) in [5.41, 5.74) is 0. The molecule has 0 unspecified atom stereocenters. The van der Waals surface area contributed by atoms with Crippen molar-refractivity contribution in [1.82, 2.24) is 4.90 Å². The Balaban J connectivity index is 3.91. The van der Waals surface area contributed by atoms with E-state index in [0.717, 1.165) is 24.8 Å². The van der Waals surface area contributed by atoms with Crippen molar-refractivity contribution in [2.75, 3.05) is 29.9 Å². The Morgan fingerprint density at radius 1 is 1.27 bits per heavy atom. The molecule has 0 saturated carbocycles. The lowest BCUT2D eigenvalue weighted by Gasteiger charge is -2.25. The van der Waals surface area contributed by atoms with E-state index in [4.69, 9.17) is 0 Å². The fourth-order valence-corrected chi connectivity index (χ4v) is 2.68. The summed E-state index contributed by atoms with van der Waals surface area (Å²) >= 11 is 3.40. The number of hydrogen-bond donors (Lipinski definition) is 0. The third-order valence-electron chi connectivity index (χ3n) is 2.44. The molecule has 0 aliphatic carbocycles. The molecule has 0 fully saturated rings. The number of sulfone groups is 1. The summed E-state index contributed by atoms with van der Waals surface area (Å²) in [5.74, 6) is 0.572. The summed E-state index contributed by atoms with van der Waals surface area (Å²) in [6.07, 6.45) is 0.737. The van der Waals surface area contributed by atoms with Gasteiger partial charge in [-0.15, -0.1) is 0 Å². The molecule has 0 aromatic heterocycles. The first-order valence-corrected chi connectivity index (χ1v) is 8.37. The number of halogens is 1. The number of hydrogen-bond acceptors (Lipinski definition) is 3. The van der Waals surface area contributed by atoms with Gasteiger partial charge >= 0.3 is 0 Å². The molecule has 0 N–H and O–H groups in total. The normalized spacial score (nSPS) is 12.7. The van der Waals surface area contributed by atoms with Gasteiger partial charge in [0.25, 0.3) is 0 Å². The molecule has 0 spiro atoms. The highest BCUT2D eigenvalue weighted by Gasteiger charge is 2.11. The van der Waals surface area contributed by atoms with Gasteiger partial charge in [0.15, 0.2) is 0 Å². The van der Waals surface area contributed by atoms with Crippen LogP contribution in [0.3, 0.4) is 0 Å². The molecular formula is C10H22BrNO2S. The van der Waals surface area contributed by atoms with Crippen LogP contribution < -0.4 is 0 Å². The molecule has 0 saturated heterocycles. The van der Waals surface area contributed by atoms with Crippen molar-refractivity contribution in [3.8, 4) is 0 Å². The minimum absolute atomic E-state index is 0.257. The van der Waals surface area contributed by atoms with E-state index in [0.29, 0.717) is 11.8 Å². The largest absolute Gasteiger partial charge is 0.300 e. The fourth-order valence-electron chi connectivity index (χ4n) is 1.37. The Morgan fingerprint density at radius 2 is 1.87 bits per heavy atom. The molecule has 15 heavy (non-hydrogen) atoms. The topological polar surface area (TPSA) is 37.4 Å². The Bertz CT molecular complexity index is 252. The molecule has 0 heterocycles. The van der Waals surface area contributed by atoms with Gasteiger partial charge in [0, 0.05) is 23.7 Å². The second-order valence-corrected chi connectivity index (χ2v) is 7.17. The van der Waals surface area contributed by atoms with E-state index < -0.39 is 9.84 Å². The van der Waals surface area contributed by atoms with Gasteiger partial charge in [0.2, 0.25) is 0 Å². The minimum atomic E-state index is -2.79. The first-order chi connectivity index (χ1) is 6.93. The van der Waals surface area contributed by atoms with E-state index in [2.05, 4.69) is 34.7 Å². The quantitative estimate of drug-likeness (QED) is 0.643. The molecule has 0 amide bonds. The standard InChI is InChI=1S/C10H22BrNO2S/c1-4-15(13,14)9-5-7-12(8-6-11)10(2)3/h10H,4-9H2,1-3H3. The van der Waals surface area contributed by atoms with Gasteiger partial charge in [0.05, 0.1) is 5.75 Å². The monoisotopic (exact) mass is 299 g/mol. The van der Waals surface area contributed by atoms with Crippen LogP contribution in [0.1, 0.15) is 27.2 Å². The fraction of sp³-hybridized carbons (Fsp3) is 1.00. The van der Waals surface area contributed by atoms with Gasteiger partial charge in [0.1, 0.15) is 9.84 Å². The summed E-state index contributed by atoms with van der Waals surface area (Å²) < 4.78 is 22.6. The van der Waals surface area contributed by atoms with Crippen molar-refractivity contribution < 1.29 is 8.42 Å². The molecular weight excluding hydrogens is 278 g/mol. The highest BCUT2D eigenvalue weighted by Crippen LogP contribution is 2.02. The van der Waals surface area contributed by atoms with Crippen LogP contribution in [0.2, 0.25) is 0 Å². The van der Waals surface area contributed by atoms with Crippen LogP contribution in [0.25, 0.3) is 0 Å². The molecule has 0 aliphatic rings. The Morgan fingerprint density at radius 3 is 2.27 bits per heavy atom. The molecule has 0 radical (unpaired) electrons. The minimum Gasteiger partial charge on any atom is -0.300 e. The maximum absolute atomic E-state index is 11.3. The summed E-state index contributed by atoms with van der Waals surface area (Å²) in [4.78, 5) is 2.29. The Hall–Kier alpha value is 0.390. The zero-order valence-electron chi connectivity index (χ0n) is 9.87. The van der Waals surface area contributed by atoms with E-state index in [-0.39, 0.29) is 5.75 Å². The highest BCUT2D eigenvalue weighted by molar-refractivity contribution is 9.09. The predicted molar refractivity (Wildman–Crippen MR) is 69.4 cm³/mol. The maximum Gasteiger partial charge on any atom is 0.150 e. The first-order valence-electron chi connectivity index (χ1n) is 5.43. The lowest BCUT2D eigenvalue weighted by Crippen LogP contribution is -2.34.